The zero-order valence-corrected chi connectivity index (χ0v) is 15.3. The van der Waals surface area contributed by atoms with Crippen molar-refractivity contribution in [1.82, 2.24) is 4.57 Å². The SMILES string of the molecule is C/C=C/c1ccc2c(c1)c1cc(/C=C/I)ccc1n2C(C)C. The van der Waals surface area contributed by atoms with Gasteiger partial charge in [-0.3, -0.25) is 0 Å². The van der Waals surface area contributed by atoms with Crippen molar-refractivity contribution in [2.24, 2.45) is 0 Å². The fourth-order valence-corrected chi connectivity index (χ4v) is 3.53. The van der Waals surface area contributed by atoms with Crippen LogP contribution in [0.2, 0.25) is 0 Å². The summed E-state index contributed by atoms with van der Waals surface area (Å²) in [7, 11) is 0. The van der Waals surface area contributed by atoms with Gasteiger partial charge in [-0.15, -0.1) is 0 Å². The predicted molar refractivity (Wildman–Crippen MR) is 108 cm³/mol. The topological polar surface area (TPSA) is 4.93 Å². The molecule has 1 aromatic heterocycles. The normalized spacial score (nSPS) is 12.6. The molecule has 2 aromatic carbocycles. The highest BCUT2D eigenvalue weighted by Gasteiger charge is 2.13. The summed E-state index contributed by atoms with van der Waals surface area (Å²) in [4.78, 5) is 0. The van der Waals surface area contributed by atoms with Crippen molar-refractivity contribution >= 4 is 56.5 Å². The van der Waals surface area contributed by atoms with Gasteiger partial charge in [0.2, 0.25) is 0 Å². The molecular weight excluding hydrogens is 381 g/mol. The maximum absolute atomic E-state index is 2.43. The Morgan fingerprint density at radius 3 is 1.91 bits per heavy atom. The summed E-state index contributed by atoms with van der Waals surface area (Å²) in [6.07, 6.45) is 6.40. The third-order valence-corrected chi connectivity index (χ3v) is 4.34. The maximum Gasteiger partial charge on any atom is 0.0494 e. The number of aromatic nitrogens is 1. The van der Waals surface area contributed by atoms with Gasteiger partial charge in [0.15, 0.2) is 0 Å². The highest BCUT2D eigenvalue weighted by atomic mass is 127. The van der Waals surface area contributed by atoms with Crippen LogP contribution in [0, 0.1) is 0 Å². The maximum atomic E-state index is 2.43. The second kappa shape index (κ2) is 6.29. The molecule has 112 valence electrons. The quantitative estimate of drug-likeness (QED) is 0.425. The number of halogens is 1. The summed E-state index contributed by atoms with van der Waals surface area (Å²) >= 11 is 2.27. The molecule has 0 aliphatic rings. The predicted octanol–water partition coefficient (Wildman–Crippen LogP) is 6.81. The van der Waals surface area contributed by atoms with Crippen LogP contribution in [0.15, 0.2) is 46.6 Å². The Morgan fingerprint density at radius 2 is 1.45 bits per heavy atom. The van der Waals surface area contributed by atoms with Crippen LogP contribution >= 0.6 is 22.6 Å². The van der Waals surface area contributed by atoms with Crippen molar-refractivity contribution in [3.63, 3.8) is 0 Å². The molecule has 0 unspecified atom stereocenters. The number of hydrogen-bond acceptors (Lipinski definition) is 0. The molecule has 0 radical (unpaired) electrons. The molecule has 0 amide bonds. The summed E-state index contributed by atoms with van der Waals surface area (Å²) in [5.41, 5.74) is 5.14. The Labute approximate surface area is 145 Å². The molecular formula is C20H20IN. The van der Waals surface area contributed by atoms with E-state index < -0.39 is 0 Å². The minimum absolute atomic E-state index is 0.443. The second-order valence-corrected chi connectivity index (χ2v) is 6.53. The van der Waals surface area contributed by atoms with Gasteiger partial charge in [-0.2, -0.15) is 0 Å². The Balaban J connectivity index is 2.41. The van der Waals surface area contributed by atoms with Crippen LogP contribution in [-0.2, 0) is 0 Å². The number of nitrogens with zero attached hydrogens (tertiary/aromatic N) is 1. The smallest absolute Gasteiger partial charge is 0.0494 e. The number of allylic oxidation sites excluding steroid dienone is 1. The van der Waals surface area contributed by atoms with Crippen molar-refractivity contribution in [1.29, 1.82) is 0 Å². The Bertz CT molecular complexity index is 812. The molecule has 3 aromatic rings. The minimum atomic E-state index is 0.443. The zero-order valence-electron chi connectivity index (χ0n) is 13.2. The van der Waals surface area contributed by atoms with Gasteiger partial charge in [0.25, 0.3) is 0 Å². The summed E-state index contributed by atoms with van der Waals surface area (Å²) in [6.45, 7) is 6.56. The first-order chi connectivity index (χ1) is 10.7. The van der Waals surface area contributed by atoms with Crippen LogP contribution in [0.4, 0.5) is 0 Å². The fraction of sp³-hybridized carbons (Fsp3) is 0.200. The molecule has 22 heavy (non-hydrogen) atoms. The van der Waals surface area contributed by atoms with Gasteiger partial charge in [-0.25, -0.2) is 0 Å². The van der Waals surface area contributed by atoms with E-state index in [1.807, 2.05) is 0 Å². The third-order valence-electron chi connectivity index (χ3n) is 3.98. The second-order valence-electron chi connectivity index (χ2n) is 5.81. The summed E-state index contributed by atoms with van der Waals surface area (Å²) in [6, 6.07) is 13.9. The molecule has 0 fully saturated rings. The summed E-state index contributed by atoms with van der Waals surface area (Å²) < 4.78 is 4.49. The number of hydrogen-bond donors (Lipinski definition) is 0. The van der Waals surface area contributed by atoms with Gasteiger partial charge in [-0.05, 0) is 66.3 Å². The van der Waals surface area contributed by atoms with E-state index in [0.717, 1.165) is 0 Å². The average Bonchev–Trinajstić information content (AvgIpc) is 2.81. The molecule has 1 heterocycles. The summed E-state index contributed by atoms with van der Waals surface area (Å²) in [5, 5.41) is 2.67. The van der Waals surface area contributed by atoms with E-state index in [1.54, 1.807) is 0 Å². The molecule has 0 aliphatic carbocycles. The van der Waals surface area contributed by atoms with Gasteiger partial charge in [0.1, 0.15) is 0 Å². The van der Waals surface area contributed by atoms with E-state index in [2.05, 4.69) is 107 Å². The molecule has 0 bridgehead atoms. The van der Waals surface area contributed by atoms with Crippen LogP contribution in [0.1, 0.15) is 37.9 Å². The number of fused-ring (bicyclic) bond motifs is 3. The van der Waals surface area contributed by atoms with Crippen LogP contribution < -0.4 is 0 Å². The van der Waals surface area contributed by atoms with E-state index in [0.29, 0.717) is 6.04 Å². The van der Waals surface area contributed by atoms with Gasteiger partial charge in [0.05, 0.1) is 0 Å². The van der Waals surface area contributed by atoms with Crippen LogP contribution in [0.3, 0.4) is 0 Å². The summed E-state index contributed by atoms with van der Waals surface area (Å²) in [5.74, 6) is 0. The first-order valence-corrected chi connectivity index (χ1v) is 8.87. The molecule has 0 saturated carbocycles. The molecule has 0 N–H and O–H groups in total. The molecule has 0 saturated heterocycles. The van der Waals surface area contributed by atoms with Crippen molar-refractivity contribution < 1.29 is 0 Å². The fourth-order valence-electron chi connectivity index (χ4n) is 3.12. The van der Waals surface area contributed by atoms with Crippen molar-refractivity contribution in [3.05, 3.63) is 57.7 Å². The zero-order chi connectivity index (χ0) is 15.7. The monoisotopic (exact) mass is 401 g/mol. The molecule has 0 spiro atoms. The third kappa shape index (κ3) is 2.60. The van der Waals surface area contributed by atoms with E-state index in [4.69, 9.17) is 0 Å². The van der Waals surface area contributed by atoms with Gasteiger partial charge in [0, 0.05) is 27.8 Å². The lowest BCUT2D eigenvalue weighted by atomic mass is 10.1. The molecule has 0 atom stereocenters. The van der Waals surface area contributed by atoms with Crippen LogP contribution in [0.25, 0.3) is 34.0 Å². The van der Waals surface area contributed by atoms with Crippen molar-refractivity contribution in [2.75, 3.05) is 0 Å². The van der Waals surface area contributed by atoms with E-state index in [1.165, 1.54) is 32.9 Å². The molecule has 2 heteroatoms. The van der Waals surface area contributed by atoms with E-state index >= 15 is 0 Å². The van der Waals surface area contributed by atoms with Gasteiger partial charge in [-0.1, -0.05) is 46.9 Å². The lowest BCUT2D eigenvalue weighted by Gasteiger charge is -2.11. The first-order valence-electron chi connectivity index (χ1n) is 7.63. The Hall–Kier alpha value is -1.55. The molecule has 0 aliphatic heterocycles. The number of rotatable bonds is 3. The van der Waals surface area contributed by atoms with Gasteiger partial charge < -0.3 is 4.57 Å². The largest absolute Gasteiger partial charge is 0.338 e. The van der Waals surface area contributed by atoms with Gasteiger partial charge >= 0.3 is 0 Å². The van der Waals surface area contributed by atoms with Crippen molar-refractivity contribution in [2.45, 2.75) is 26.8 Å². The van der Waals surface area contributed by atoms with Crippen molar-refractivity contribution in [3.8, 4) is 0 Å². The lowest BCUT2D eigenvalue weighted by Crippen LogP contribution is -1.99. The van der Waals surface area contributed by atoms with E-state index in [9.17, 15) is 0 Å². The molecule has 3 rings (SSSR count). The highest BCUT2D eigenvalue weighted by Crippen LogP contribution is 2.33. The van der Waals surface area contributed by atoms with E-state index in [-0.39, 0.29) is 0 Å². The van der Waals surface area contributed by atoms with Crippen LogP contribution in [-0.4, -0.2) is 4.57 Å². The van der Waals surface area contributed by atoms with Crippen LogP contribution in [0.5, 0.6) is 0 Å². The number of benzene rings is 2. The Morgan fingerprint density at radius 1 is 0.909 bits per heavy atom. The molecule has 1 nitrogen and oxygen atoms in total. The first kappa shape index (κ1) is 15.3. The Kier molecular flexibility index (Phi) is 4.39. The lowest BCUT2D eigenvalue weighted by molar-refractivity contribution is 0.642. The standard InChI is InChI=1S/C20H20IN/c1-4-5-15-6-8-19-17(12-15)18-13-16(10-11-21)7-9-20(18)22(19)14(2)3/h4-14H,1-3H3/b5-4+,11-10+. The average molecular weight is 401 g/mol. The highest BCUT2D eigenvalue weighted by molar-refractivity contribution is 14.1. The minimum Gasteiger partial charge on any atom is -0.338 e.